The first-order valence-electron chi connectivity index (χ1n) is 11.5. The summed E-state index contributed by atoms with van der Waals surface area (Å²) >= 11 is 0. The number of hydrogen-bond donors (Lipinski definition) is 3. The molecule has 3 N–H and O–H groups in total. The molecule has 0 bridgehead atoms. The van der Waals surface area contributed by atoms with E-state index in [-0.39, 0.29) is 36.8 Å². The van der Waals surface area contributed by atoms with Gasteiger partial charge in [0.1, 0.15) is 12.9 Å². The van der Waals surface area contributed by atoms with Gasteiger partial charge in [-0.05, 0) is 75.2 Å². The molecule has 4 aliphatic rings. The number of cyclic esters (lactones) is 1. The molecule has 30 heavy (non-hydrogen) atoms. The summed E-state index contributed by atoms with van der Waals surface area (Å²) < 4.78 is 5.17. The van der Waals surface area contributed by atoms with Gasteiger partial charge in [0.2, 0.25) is 0 Å². The van der Waals surface area contributed by atoms with Crippen molar-refractivity contribution in [3.05, 3.63) is 11.6 Å². The standard InChI is InChI=1S/C24H36O6/c1-4-17(15-11-20(27)30-13-15)21(2)8-6-19-18(22(21,3)28)7-10-24(29)12-16(26)5-9-23(19,24)14-25/h11,14,16-19,26,28-29H,4-10,12-13H2,1-3H3/t16-,17+,18?,19?,21+,22-,23-,24-/m0/s1. The van der Waals surface area contributed by atoms with E-state index in [1.807, 2.05) is 6.92 Å². The zero-order chi connectivity index (χ0) is 21.9. The summed E-state index contributed by atoms with van der Waals surface area (Å²) in [5.74, 6) is -0.535. The van der Waals surface area contributed by atoms with Crippen molar-refractivity contribution in [3.63, 3.8) is 0 Å². The molecule has 4 rings (SSSR count). The number of carbonyl (C=O) groups is 2. The highest BCUT2D eigenvalue weighted by Crippen LogP contribution is 2.66. The number of carbonyl (C=O) groups excluding carboxylic acids is 2. The fraction of sp³-hybridized carbons (Fsp3) is 0.833. The molecule has 1 aliphatic heterocycles. The molecule has 0 radical (unpaired) electrons. The summed E-state index contributed by atoms with van der Waals surface area (Å²) in [7, 11) is 0. The maximum absolute atomic E-state index is 12.5. The summed E-state index contributed by atoms with van der Waals surface area (Å²) in [6, 6.07) is 0. The summed E-state index contributed by atoms with van der Waals surface area (Å²) in [4.78, 5) is 24.2. The second-order valence-electron chi connectivity index (χ2n) is 10.7. The maximum atomic E-state index is 12.5. The minimum Gasteiger partial charge on any atom is -0.458 e. The minimum atomic E-state index is -1.20. The van der Waals surface area contributed by atoms with E-state index in [9.17, 15) is 24.9 Å². The fourth-order valence-electron chi connectivity index (χ4n) is 7.90. The van der Waals surface area contributed by atoms with Gasteiger partial charge in [0.15, 0.2) is 0 Å². The first kappa shape index (κ1) is 22.0. The zero-order valence-electron chi connectivity index (χ0n) is 18.4. The molecule has 3 aliphatic carbocycles. The Hall–Kier alpha value is -1.24. The number of fused-ring (bicyclic) bond motifs is 3. The molecule has 168 valence electrons. The lowest BCUT2D eigenvalue weighted by Crippen LogP contribution is -2.69. The second kappa shape index (κ2) is 7.14. The van der Waals surface area contributed by atoms with Crippen molar-refractivity contribution in [3.8, 4) is 0 Å². The molecular formula is C24H36O6. The monoisotopic (exact) mass is 420 g/mol. The van der Waals surface area contributed by atoms with Crippen LogP contribution in [0.3, 0.4) is 0 Å². The molecule has 0 aromatic rings. The van der Waals surface area contributed by atoms with Gasteiger partial charge < -0.3 is 24.9 Å². The number of hydrogen-bond acceptors (Lipinski definition) is 6. The van der Waals surface area contributed by atoms with Crippen LogP contribution in [0.15, 0.2) is 11.6 Å². The molecular weight excluding hydrogens is 384 g/mol. The zero-order valence-corrected chi connectivity index (χ0v) is 18.4. The van der Waals surface area contributed by atoms with E-state index in [4.69, 9.17) is 4.74 Å². The average molecular weight is 421 g/mol. The second-order valence-corrected chi connectivity index (χ2v) is 10.7. The van der Waals surface area contributed by atoms with Gasteiger partial charge in [-0.15, -0.1) is 0 Å². The molecule has 0 amide bonds. The highest BCUT2D eigenvalue weighted by molar-refractivity contribution is 5.85. The van der Waals surface area contributed by atoms with Gasteiger partial charge in [0, 0.05) is 17.9 Å². The van der Waals surface area contributed by atoms with Crippen molar-refractivity contribution < 1.29 is 29.6 Å². The highest BCUT2D eigenvalue weighted by Gasteiger charge is 2.68. The largest absolute Gasteiger partial charge is 0.458 e. The van der Waals surface area contributed by atoms with Crippen LogP contribution in [0.2, 0.25) is 0 Å². The Kier molecular flexibility index (Phi) is 5.23. The van der Waals surface area contributed by atoms with E-state index in [2.05, 4.69) is 13.8 Å². The molecule has 1 heterocycles. The average Bonchev–Trinajstić information content (AvgIpc) is 3.10. The Balaban J connectivity index is 1.71. The number of aldehydes is 1. The minimum absolute atomic E-state index is 0.0149. The van der Waals surface area contributed by atoms with Gasteiger partial charge in [0.25, 0.3) is 0 Å². The van der Waals surface area contributed by atoms with Gasteiger partial charge in [-0.25, -0.2) is 4.79 Å². The molecule has 3 saturated carbocycles. The molecule has 3 fully saturated rings. The van der Waals surface area contributed by atoms with Gasteiger partial charge in [-0.3, -0.25) is 0 Å². The van der Waals surface area contributed by atoms with Crippen LogP contribution in [-0.2, 0) is 14.3 Å². The third kappa shape index (κ3) is 2.79. The SMILES string of the molecule is CC[C@H](C1=CC(=O)OC1)[C@@]1(C)CCC2C(CC[C@]3(O)C[C@@H](O)CC[C@]23C=O)[C@]1(C)O. The van der Waals surface area contributed by atoms with Crippen molar-refractivity contribution >= 4 is 12.3 Å². The molecule has 2 unspecified atom stereocenters. The number of esters is 1. The Morgan fingerprint density at radius 2 is 1.87 bits per heavy atom. The van der Waals surface area contributed by atoms with Crippen LogP contribution < -0.4 is 0 Å². The topological polar surface area (TPSA) is 104 Å². The Bertz CT molecular complexity index is 759. The number of ether oxygens (including phenoxy) is 1. The van der Waals surface area contributed by atoms with Gasteiger partial charge in [0.05, 0.1) is 22.7 Å². The first-order valence-corrected chi connectivity index (χ1v) is 11.5. The lowest BCUT2D eigenvalue weighted by molar-refractivity contribution is -0.253. The Morgan fingerprint density at radius 1 is 1.17 bits per heavy atom. The van der Waals surface area contributed by atoms with Crippen molar-refractivity contribution in [1.29, 1.82) is 0 Å². The van der Waals surface area contributed by atoms with Crippen molar-refractivity contribution in [2.75, 3.05) is 6.61 Å². The van der Waals surface area contributed by atoms with E-state index in [1.165, 1.54) is 0 Å². The van der Waals surface area contributed by atoms with Crippen LogP contribution in [0.25, 0.3) is 0 Å². The molecule has 6 heteroatoms. The third-order valence-corrected chi connectivity index (χ3v) is 9.72. The number of aliphatic hydroxyl groups excluding tert-OH is 1. The summed E-state index contributed by atoms with van der Waals surface area (Å²) in [6.07, 6.45) is 6.43. The lowest BCUT2D eigenvalue weighted by Gasteiger charge is -2.66. The van der Waals surface area contributed by atoms with E-state index in [0.717, 1.165) is 24.7 Å². The summed E-state index contributed by atoms with van der Waals surface area (Å²) in [6.45, 7) is 6.37. The van der Waals surface area contributed by atoms with Crippen LogP contribution in [0.5, 0.6) is 0 Å². The molecule has 6 nitrogen and oxygen atoms in total. The number of rotatable bonds is 4. The molecule has 8 atom stereocenters. The molecule has 0 aromatic heterocycles. The summed E-state index contributed by atoms with van der Waals surface area (Å²) in [5.41, 5.74) is -2.68. The summed E-state index contributed by atoms with van der Waals surface area (Å²) in [5, 5.41) is 33.7. The lowest BCUT2D eigenvalue weighted by atomic mass is 9.40. The van der Waals surface area contributed by atoms with Crippen molar-refractivity contribution in [2.45, 2.75) is 89.4 Å². The van der Waals surface area contributed by atoms with E-state index >= 15 is 0 Å². The number of aliphatic hydroxyl groups is 3. The van der Waals surface area contributed by atoms with E-state index in [1.54, 1.807) is 6.08 Å². The van der Waals surface area contributed by atoms with Crippen LogP contribution >= 0.6 is 0 Å². The van der Waals surface area contributed by atoms with Gasteiger partial charge >= 0.3 is 5.97 Å². The Morgan fingerprint density at radius 3 is 2.47 bits per heavy atom. The highest BCUT2D eigenvalue weighted by atomic mass is 16.5. The quantitative estimate of drug-likeness (QED) is 0.477. The van der Waals surface area contributed by atoms with Crippen molar-refractivity contribution in [2.24, 2.45) is 28.6 Å². The van der Waals surface area contributed by atoms with Crippen LogP contribution in [-0.4, -0.2) is 51.5 Å². The van der Waals surface area contributed by atoms with Crippen LogP contribution in [0.4, 0.5) is 0 Å². The van der Waals surface area contributed by atoms with Crippen LogP contribution in [0.1, 0.15) is 72.1 Å². The van der Waals surface area contributed by atoms with E-state index < -0.39 is 28.1 Å². The predicted octanol–water partition coefficient (Wildman–Crippen LogP) is 2.53. The smallest absolute Gasteiger partial charge is 0.331 e. The normalized spacial score (nSPS) is 49.5. The Labute approximate surface area is 178 Å². The third-order valence-electron chi connectivity index (χ3n) is 9.72. The molecule has 0 saturated heterocycles. The maximum Gasteiger partial charge on any atom is 0.331 e. The fourth-order valence-corrected chi connectivity index (χ4v) is 7.90. The van der Waals surface area contributed by atoms with Crippen molar-refractivity contribution in [1.82, 2.24) is 0 Å². The van der Waals surface area contributed by atoms with Crippen LogP contribution in [0, 0.1) is 28.6 Å². The predicted molar refractivity (Wildman–Crippen MR) is 110 cm³/mol. The molecule has 0 aromatic carbocycles. The van der Waals surface area contributed by atoms with E-state index in [0.29, 0.717) is 32.1 Å². The first-order chi connectivity index (χ1) is 14.0. The van der Waals surface area contributed by atoms with Gasteiger partial charge in [-0.1, -0.05) is 13.8 Å². The van der Waals surface area contributed by atoms with Gasteiger partial charge in [-0.2, -0.15) is 0 Å². The molecule has 0 spiro atoms.